The molecule has 0 aromatic carbocycles. The van der Waals surface area contributed by atoms with E-state index in [-0.39, 0.29) is 5.91 Å². The van der Waals surface area contributed by atoms with Gasteiger partial charge in [0, 0.05) is 25.1 Å². The fourth-order valence-electron chi connectivity index (χ4n) is 1.91. The van der Waals surface area contributed by atoms with E-state index in [0.29, 0.717) is 18.2 Å². The normalized spacial score (nSPS) is 15.1. The van der Waals surface area contributed by atoms with Crippen LogP contribution in [0.3, 0.4) is 0 Å². The molecule has 0 unspecified atom stereocenters. The molecule has 18 heavy (non-hydrogen) atoms. The number of carbonyl (C=O) groups excluding carboxylic acids is 1. The van der Waals surface area contributed by atoms with E-state index in [1.807, 2.05) is 0 Å². The van der Waals surface area contributed by atoms with Gasteiger partial charge in [-0.05, 0) is 25.9 Å². The molecule has 0 radical (unpaired) electrons. The Kier molecular flexibility index (Phi) is 4.36. The minimum atomic E-state index is -0.141. The fourth-order valence-corrected chi connectivity index (χ4v) is 1.91. The molecule has 1 saturated carbocycles. The molecule has 0 bridgehead atoms. The van der Waals surface area contributed by atoms with E-state index < -0.39 is 0 Å². The summed E-state index contributed by atoms with van der Waals surface area (Å²) in [4.78, 5) is 14.1. The summed E-state index contributed by atoms with van der Waals surface area (Å²) in [7, 11) is 0. The Labute approximate surface area is 108 Å². The zero-order valence-corrected chi connectivity index (χ0v) is 11.1. The second-order valence-corrected chi connectivity index (χ2v) is 4.67. The molecule has 1 aromatic rings. The average molecular weight is 251 g/mol. The third-order valence-corrected chi connectivity index (χ3v) is 3.35. The number of amides is 1. The van der Waals surface area contributed by atoms with Crippen molar-refractivity contribution < 1.29 is 9.32 Å². The summed E-state index contributed by atoms with van der Waals surface area (Å²) >= 11 is 0. The van der Waals surface area contributed by atoms with Gasteiger partial charge in [0.1, 0.15) is 5.76 Å². The largest absolute Gasteiger partial charge is 0.360 e. The Balaban J connectivity index is 1.76. The molecule has 5 nitrogen and oxygen atoms in total. The highest BCUT2D eigenvalue weighted by Crippen LogP contribution is 2.40. The van der Waals surface area contributed by atoms with Gasteiger partial charge < -0.3 is 14.7 Å². The number of likely N-dealkylation sites (N-methyl/N-ethyl adjacent to an activating group) is 1. The maximum atomic E-state index is 11.8. The number of hydrogen-bond acceptors (Lipinski definition) is 4. The van der Waals surface area contributed by atoms with E-state index in [1.54, 1.807) is 6.07 Å². The summed E-state index contributed by atoms with van der Waals surface area (Å²) in [6, 6.07) is 1.77. The van der Waals surface area contributed by atoms with Crippen molar-refractivity contribution in [2.24, 2.45) is 0 Å². The maximum Gasteiger partial charge on any atom is 0.273 e. The van der Waals surface area contributed by atoms with Crippen molar-refractivity contribution in [1.29, 1.82) is 0 Å². The molecule has 1 aliphatic carbocycles. The smallest absolute Gasteiger partial charge is 0.273 e. The van der Waals surface area contributed by atoms with Gasteiger partial charge in [0.05, 0.1) is 0 Å². The maximum absolute atomic E-state index is 11.8. The lowest BCUT2D eigenvalue weighted by Crippen LogP contribution is -2.34. The highest BCUT2D eigenvalue weighted by molar-refractivity contribution is 5.92. The molecule has 5 heteroatoms. The molecule has 1 aliphatic rings. The van der Waals surface area contributed by atoms with Crippen LogP contribution in [0.4, 0.5) is 0 Å². The zero-order valence-electron chi connectivity index (χ0n) is 11.1. The topological polar surface area (TPSA) is 58.4 Å². The first-order chi connectivity index (χ1) is 8.74. The van der Waals surface area contributed by atoms with Crippen LogP contribution in [-0.4, -0.2) is 42.1 Å². The molecule has 1 fully saturated rings. The standard InChI is InChI=1S/C13H21N3O2/c1-3-16(4-2)8-7-14-13(17)11-9-12(18-15-11)10-5-6-10/h9-10H,3-8H2,1-2H3,(H,14,17). The summed E-state index contributed by atoms with van der Waals surface area (Å²) in [6.45, 7) is 7.75. The van der Waals surface area contributed by atoms with E-state index in [2.05, 4.69) is 29.2 Å². The van der Waals surface area contributed by atoms with Gasteiger partial charge in [-0.3, -0.25) is 4.79 Å². The second kappa shape index (κ2) is 6.00. The van der Waals surface area contributed by atoms with Crippen molar-refractivity contribution in [2.45, 2.75) is 32.6 Å². The number of nitrogens with zero attached hydrogens (tertiary/aromatic N) is 2. The molecule has 100 valence electrons. The molecule has 0 aliphatic heterocycles. The predicted molar refractivity (Wildman–Crippen MR) is 68.6 cm³/mol. The second-order valence-electron chi connectivity index (χ2n) is 4.67. The van der Waals surface area contributed by atoms with Gasteiger partial charge >= 0.3 is 0 Å². The molecule has 2 rings (SSSR count). The van der Waals surface area contributed by atoms with Crippen LogP contribution in [0, 0.1) is 0 Å². The first-order valence-corrected chi connectivity index (χ1v) is 6.71. The number of nitrogens with one attached hydrogen (secondary N) is 1. The number of hydrogen-bond donors (Lipinski definition) is 1. The molecule has 1 N–H and O–H groups in total. The zero-order chi connectivity index (χ0) is 13.0. The van der Waals surface area contributed by atoms with Gasteiger partial charge in [-0.1, -0.05) is 19.0 Å². The lowest BCUT2D eigenvalue weighted by atomic mass is 10.3. The van der Waals surface area contributed by atoms with Crippen LogP contribution < -0.4 is 5.32 Å². The van der Waals surface area contributed by atoms with Gasteiger partial charge in [-0.15, -0.1) is 0 Å². The molecule has 0 saturated heterocycles. The van der Waals surface area contributed by atoms with E-state index in [1.165, 1.54) is 0 Å². The van der Waals surface area contributed by atoms with E-state index in [0.717, 1.165) is 38.2 Å². The van der Waals surface area contributed by atoms with Crippen LogP contribution in [0.15, 0.2) is 10.6 Å². The fraction of sp³-hybridized carbons (Fsp3) is 0.692. The summed E-state index contributed by atoms with van der Waals surface area (Å²) in [5.74, 6) is 1.21. The van der Waals surface area contributed by atoms with Gasteiger partial charge in [0.2, 0.25) is 0 Å². The molecular weight excluding hydrogens is 230 g/mol. The van der Waals surface area contributed by atoms with Gasteiger partial charge in [-0.2, -0.15) is 0 Å². The molecular formula is C13H21N3O2. The van der Waals surface area contributed by atoms with Crippen LogP contribution in [0.25, 0.3) is 0 Å². The number of aromatic nitrogens is 1. The lowest BCUT2D eigenvalue weighted by Gasteiger charge is -2.17. The van der Waals surface area contributed by atoms with Crippen molar-refractivity contribution in [3.05, 3.63) is 17.5 Å². The van der Waals surface area contributed by atoms with Crippen LogP contribution in [0.5, 0.6) is 0 Å². The Hall–Kier alpha value is -1.36. The van der Waals surface area contributed by atoms with Gasteiger partial charge in [-0.25, -0.2) is 0 Å². The van der Waals surface area contributed by atoms with Crippen LogP contribution >= 0.6 is 0 Å². The minimum Gasteiger partial charge on any atom is -0.360 e. The van der Waals surface area contributed by atoms with Gasteiger partial charge in [0.15, 0.2) is 5.69 Å². The Bertz CT molecular complexity index is 395. The van der Waals surface area contributed by atoms with Crippen molar-refractivity contribution in [3.8, 4) is 0 Å². The first kappa shape index (κ1) is 13.1. The third kappa shape index (κ3) is 3.32. The molecule has 1 heterocycles. The number of carbonyl (C=O) groups is 1. The van der Waals surface area contributed by atoms with E-state index in [9.17, 15) is 4.79 Å². The van der Waals surface area contributed by atoms with E-state index >= 15 is 0 Å². The highest BCUT2D eigenvalue weighted by Gasteiger charge is 2.28. The van der Waals surface area contributed by atoms with Crippen molar-refractivity contribution in [1.82, 2.24) is 15.4 Å². The lowest BCUT2D eigenvalue weighted by molar-refractivity contribution is 0.0939. The Morgan fingerprint density at radius 3 is 2.83 bits per heavy atom. The molecule has 1 amide bonds. The predicted octanol–water partition coefficient (Wildman–Crippen LogP) is 1.62. The monoisotopic (exact) mass is 251 g/mol. The Morgan fingerprint density at radius 1 is 1.50 bits per heavy atom. The summed E-state index contributed by atoms with van der Waals surface area (Å²) in [6.07, 6.45) is 2.30. The molecule has 0 spiro atoms. The third-order valence-electron chi connectivity index (χ3n) is 3.35. The quantitative estimate of drug-likeness (QED) is 0.800. The van der Waals surface area contributed by atoms with Crippen LogP contribution in [-0.2, 0) is 0 Å². The van der Waals surface area contributed by atoms with Gasteiger partial charge in [0.25, 0.3) is 5.91 Å². The summed E-state index contributed by atoms with van der Waals surface area (Å²) in [5.41, 5.74) is 0.399. The first-order valence-electron chi connectivity index (χ1n) is 6.71. The summed E-state index contributed by atoms with van der Waals surface area (Å²) in [5, 5.41) is 6.68. The summed E-state index contributed by atoms with van der Waals surface area (Å²) < 4.78 is 5.16. The minimum absolute atomic E-state index is 0.141. The van der Waals surface area contributed by atoms with Crippen molar-refractivity contribution in [2.75, 3.05) is 26.2 Å². The van der Waals surface area contributed by atoms with Crippen molar-refractivity contribution in [3.63, 3.8) is 0 Å². The number of rotatable bonds is 7. The van der Waals surface area contributed by atoms with Crippen LogP contribution in [0.2, 0.25) is 0 Å². The molecule has 1 aromatic heterocycles. The van der Waals surface area contributed by atoms with Crippen molar-refractivity contribution >= 4 is 5.91 Å². The Morgan fingerprint density at radius 2 is 2.22 bits per heavy atom. The molecule has 0 atom stereocenters. The SMILES string of the molecule is CCN(CC)CCNC(=O)c1cc(C2CC2)on1. The van der Waals surface area contributed by atoms with Crippen LogP contribution in [0.1, 0.15) is 48.9 Å². The average Bonchev–Trinajstić information content (AvgIpc) is 3.12. The van der Waals surface area contributed by atoms with E-state index in [4.69, 9.17) is 4.52 Å². The highest BCUT2D eigenvalue weighted by atomic mass is 16.5.